The highest BCUT2D eigenvalue weighted by molar-refractivity contribution is 5.83. The van der Waals surface area contributed by atoms with Crippen LogP contribution in [0.1, 0.15) is 19.3 Å². The molecule has 13 heavy (non-hydrogen) atoms. The number of hydrogen-bond acceptors (Lipinski definition) is 4. The minimum absolute atomic E-state index is 0.159. The topological polar surface area (TPSA) is 52.6 Å². The van der Waals surface area contributed by atoms with Crippen LogP contribution in [0.15, 0.2) is 0 Å². The molecule has 1 fully saturated rings. The Bertz CT molecular complexity index is 212. The zero-order chi connectivity index (χ0) is 9.84. The summed E-state index contributed by atoms with van der Waals surface area (Å²) in [5.41, 5.74) is 0. The molecule has 74 valence electrons. The molecular formula is C9H14O4. The third-order valence-electron chi connectivity index (χ3n) is 2.42. The molecule has 1 aliphatic rings. The number of rotatable bonds is 2. The Labute approximate surface area is 77.2 Å². The molecule has 0 spiro atoms. The summed E-state index contributed by atoms with van der Waals surface area (Å²) in [6.45, 7) is 0. The van der Waals surface area contributed by atoms with E-state index < -0.39 is 0 Å². The summed E-state index contributed by atoms with van der Waals surface area (Å²) in [5.74, 6) is -0.390. The van der Waals surface area contributed by atoms with Gasteiger partial charge in [0.25, 0.3) is 0 Å². The Balaban J connectivity index is 2.62. The van der Waals surface area contributed by atoms with E-state index in [4.69, 9.17) is 4.74 Å². The fourth-order valence-corrected chi connectivity index (χ4v) is 1.64. The van der Waals surface area contributed by atoms with Crippen molar-refractivity contribution >= 4 is 11.8 Å². The molecular weight excluding hydrogens is 172 g/mol. The van der Waals surface area contributed by atoms with Gasteiger partial charge >= 0.3 is 5.97 Å². The highest BCUT2D eigenvalue weighted by Gasteiger charge is 2.34. The van der Waals surface area contributed by atoms with Crippen LogP contribution >= 0.6 is 0 Å². The summed E-state index contributed by atoms with van der Waals surface area (Å²) in [6, 6.07) is 0. The number of methoxy groups -OCH3 is 2. The number of carbonyl (C=O) groups excluding carboxylic acids is 2. The van der Waals surface area contributed by atoms with Crippen LogP contribution < -0.4 is 0 Å². The highest BCUT2D eigenvalue weighted by Crippen LogP contribution is 2.25. The van der Waals surface area contributed by atoms with Crippen molar-refractivity contribution in [1.29, 1.82) is 0 Å². The summed E-state index contributed by atoms with van der Waals surface area (Å²) in [5, 5.41) is 0. The van der Waals surface area contributed by atoms with Gasteiger partial charge in [-0.25, -0.2) is 0 Å². The van der Waals surface area contributed by atoms with Crippen molar-refractivity contribution in [3.63, 3.8) is 0 Å². The summed E-state index contributed by atoms with van der Waals surface area (Å²) < 4.78 is 9.70. The minimum atomic E-state index is -0.298. The molecule has 0 heterocycles. The summed E-state index contributed by atoms with van der Waals surface area (Å²) in [4.78, 5) is 22.3. The first-order valence-electron chi connectivity index (χ1n) is 4.31. The molecule has 2 atom stereocenters. The monoisotopic (exact) mass is 186 g/mol. The van der Waals surface area contributed by atoms with Crippen molar-refractivity contribution in [2.75, 3.05) is 14.2 Å². The Morgan fingerprint density at radius 2 is 2.15 bits per heavy atom. The summed E-state index contributed by atoms with van der Waals surface area (Å²) in [6.07, 6.45) is 1.04. The molecule has 0 aliphatic heterocycles. The number of hydrogen-bond donors (Lipinski definition) is 0. The van der Waals surface area contributed by atoms with Gasteiger partial charge in [0.2, 0.25) is 0 Å². The van der Waals surface area contributed by atoms with E-state index in [1.54, 1.807) is 0 Å². The Kier molecular flexibility index (Phi) is 3.42. The van der Waals surface area contributed by atoms with Crippen LogP contribution in [0.5, 0.6) is 0 Å². The van der Waals surface area contributed by atoms with Gasteiger partial charge in [-0.15, -0.1) is 0 Å². The van der Waals surface area contributed by atoms with Crippen molar-refractivity contribution in [2.45, 2.75) is 25.4 Å². The second-order valence-corrected chi connectivity index (χ2v) is 3.19. The van der Waals surface area contributed by atoms with Crippen LogP contribution in [0, 0.1) is 5.92 Å². The van der Waals surface area contributed by atoms with E-state index in [1.807, 2.05) is 0 Å². The molecule has 1 saturated carbocycles. The van der Waals surface area contributed by atoms with Crippen LogP contribution in [-0.4, -0.2) is 32.1 Å². The van der Waals surface area contributed by atoms with Gasteiger partial charge in [0.15, 0.2) is 0 Å². The lowest BCUT2D eigenvalue weighted by Crippen LogP contribution is -2.36. The van der Waals surface area contributed by atoms with E-state index in [0.717, 1.165) is 0 Å². The minimum Gasteiger partial charge on any atom is -0.469 e. The average Bonchev–Trinajstić information content (AvgIpc) is 2.16. The van der Waals surface area contributed by atoms with Crippen molar-refractivity contribution in [3.8, 4) is 0 Å². The SMILES string of the molecule is COC(=O)[C@H]1CCC(=O)C[C@H]1OC. The lowest BCUT2D eigenvalue weighted by molar-refractivity contribution is -0.153. The maximum atomic E-state index is 11.2. The first-order chi connectivity index (χ1) is 6.19. The normalized spacial score (nSPS) is 28.6. The average molecular weight is 186 g/mol. The van der Waals surface area contributed by atoms with E-state index >= 15 is 0 Å². The zero-order valence-electron chi connectivity index (χ0n) is 7.91. The van der Waals surface area contributed by atoms with E-state index in [9.17, 15) is 9.59 Å². The van der Waals surface area contributed by atoms with Crippen molar-refractivity contribution in [1.82, 2.24) is 0 Å². The number of ether oxygens (including phenoxy) is 2. The van der Waals surface area contributed by atoms with E-state index in [0.29, 0.717) is 19.3 Å². The predicted octanol–water partition coefficient (Wildman–Crippen LogP) is 0.544. The fraction of sp³-hybridized carbons (Fsp3) is 0.778. The molecule has 0 radical (unpaired) electrons. The number of Topliss-reactive ketones (excluding diaryl/α,β-unsaturated/α-hetero) is 1. The standard InChI is InChI=1S/C9H14O4/c1-12-8-5-6(10)3-4-7(8)9(11)13-2/h7-8H,3-5H2,1-2H3/t7-,8+/m0/s1. The second-order valence-electron chi connectivity index (χ2n) is 3.19. The Morgan fingerprint density at radius 1 is 1.46 bits per heavy atom. The van der Waals surface area contributed by atoms with E-state index in [1.165, 1.54) is 14.2 Å². The van der Waals surface area contributed by atoms with Gasteiger partial charge in [-0.1, -0.05) is 0 Å². The molecule has 0 aromatic heterocycles. The van der Waals surface area contributed by atoms with Gasteiger partial charge < -0.3 is 9.47 Å². The van der Waals surface area contributed by atoms with Gasteiger partial charge in [0.1, 0.15) is 5.78 Å². The molecule has 1 aliphatic carbocycles. The lowest BCUT2D eigenvalue weighted by atomic mass is 9.86. The van der Waals surface area contributed by atoms with E-state index in [-0.39, 0.29) is 23.8 Å². The fourth-order valence-electron chi connectivity index (χ4n) is 1.64. The van der Waals surface area contributed by atoms with Crippen LogP contribution in [-0.2, 0) is 19.1 Å². The third-order valence-corrected chi connectivity index (χ3v) is 2.42. The van der Waals surface area contributed by atoms with Crippen molar-refractivity contribution < 1.29 is 19.1 Å². The summed E-state index contributed by atoms with van der Waals surface area (Å²) in [7, 11) is 2.87. The van der Waals surface area contributed by atoms with Crippen molar-refractivity contribution in [3.05, 3.63) is 0 Å². The highest BCUT2D eigenvalue weighted by atomic mass is 16.5. The maximum absolute atomic E-state index is 11.2. The first kappa shape index (κ1) is 10.2. The van der Waals surface area contributed by atoms with Gasteiger partial charge in [0.05, 0.1) is 19.1 Å². The lowest BCUT2D eigenvalue weighted by Gasteiger charge is -2.27. The Morgan fingerprint density at radius 3 is 2.69 bits per heavy atom. The number of ketones is 1. The van der Waals surface area contributed by atoms with Gasteiger partial charge in [0, 0.05) is 20.0 Å². The number of esters is 1. The van der Waals surface area contributed by atoms with E-state index in [2.05, 4.69) is 4.74 Å². The second kappa shape index (κ2) is 4.37. The molecule has 0 unspecified atom stereocenters. The van der Waals surface area contributed by atoms with Crippen molar-refractivity contribution in [2.24, 2.45) is 5.92 Å². The molecule has 0 saturated heterocycles. The largest absolute Gasteiger partial charge is 0.469 e. The van der Waals surface area contributed by atoms with Crippen LogP contribution in [0.4, 0.5) is 0 Å². The smallest absolute Gasteiger partial charge is 0.311 e. The molecule has 0 amide bonds. The molecule has 1 rings (SSSR count). The number of carbonyl (C=O) groups is 2. The van der Waals surface area contributed by atoms with Gasteiger partial charge in [-0.2, -0.15) is 0 Å². The molecule has 4 heteroatoms. The predicted molar refractivity (Wildman–Crippen MR) is 45.2 cm³/mol. The quantitative estimate of drug-likeness (QED) is 0.591. The maximum Gasteiger partial charge on any atom is 0.311 e. The molecule has 0 bridgehead atoms. The summed E-state index contributed by atoms with van der Waals surface area (Å²) >= 11 is 0. The van der Waals surface area contributed by atoms with Gasteiger partial charge in [-0.05, 0) is 6.42 Å². The Hall–Kier alpha value is -0.900. The molecule has 0 aromatic rings. The third kappa shape index (κ3) is 2.28. The zero-order valence-corrected chi connectivity index (χ0v) is 7.91. The van der Waals surface area contributed by atoms with Crippen LogP contribution in [0.3, 0.4) is 0 Å². The van der Waals surface area contributed by atoms with Crippen LogP contribution in [0.2, 0.25) is 0 Å². The first-order valence-corrected chi connectivity index (χ1v) is 4.31. The van der Waals surface area contributed by atoms with Gasteiger partial charge in [-0.3, -0.25) is 9.59 Å². The molecule has 0 aromatic carbocycles. The molecule has 4 nitrogen and oxygen atoms in total. The van der Waals surface area contributed by atoms with Crippen LogP contribution in [0.25, 0.3) is 0 Å². The molecule has 0 N–H and O–H groups in total.